The molecule has 3 nitrogen and oxygen atoms in total. The molecule has 16 heavy (non-hydrogen) atoms. The second kappa shape index (κ2) is 4.95. The summed E-state index contributed by atoms with van der Waals surface area (Å²) >= 11 is 3.31. The molecule has 0 saturated heterocycles. The molecule has 0 unspecified atom stereocenters. The maximum absolute atomic E-state index is 11.9. The van der Waals surface area contributed by atoms with Crippen molar-refractivity contribution in [1.29, 1.82) is 0 Å². The molecule has 0 fully saturated rings. The van der Waals surface area contributed by atoms with E-state index in [9.17, 15) is 4.79 Å². The molecule has 1 heterocycles. The molecule has 0 aliphatic carbocycles. The van der Waals surface area contributed by atoms with Gasteiger partial charge in [-0.1, -0.05) is 20.8 Å². The lowest BCUT2D eigenvalue weighted by Crippen LogP contribution is -2.30. The Bertz CT molecular complexity index is 368. The Morgan fingerprint density at radius 2 is 2.06 bits per heavy atom. The van der Waals surface area contributed by atoms with E-state index in [0.717, 1.165) is 4.47 Å². The van der Waals surface area contributed by atoms with E-state index < -0.39 is 0 Å². The minimum absolute atomic E-state index is 0.000701. The van der Waals surface area contributed by atoms with Crippen LogP contribution in [0.4, 0.5) is 5.82 Å². The number of pyridine rings is 1. The Balaban J connectivity index is 2.74. The minimum Gasteiger partial charge on any atom is -0.300 e. The highest BCUT2D eigenvalue weighted by Gasteiger charge is 2.20. The van der Waals surface area contributed by atoms with Crippen molar-refractivity contribution in [2.75, 3.05) is 11.9 Å². The predicted octanol–water partition coefficient (Wildman–Crippen LogP) is 3.24. The number of aromatic nitrogens is 1. The zero-order valence-corrected chi connectivity index (χ0v) is 11.7. The standard InChI is InChI=1S/C12H17BrN2O/c1-12(2,3)7-11(16)15(4)10-6-5-9(13)8-14-10/h5-6,8H,7H2,1-4H3. The van der Waals surface area contributed by atoms with Crippen molar-refractivity contribution in [3.63, 3.8) is 0 Å². The number of halogens is 1. The van der Waals surface area contributed by atoms with E-state index in [2.05, 4.69) is 20.9 Å². The fourth-order valence-corrected chi connectivity index (χ4v) is 1.50. The van der Waals surface area contributed by atoms with Crippen LogP contribution in [-0.2, 0) is 4.79 Å². The van der Waals surface area contributed by atoms with Crippen molar-refractivity contribution in [3.8, 4) is 0 Å². The van der Waals surface area contributed by atoms with Gasteiger partial charge >= 0.3 is 0 Å². The zero-order chi connectivity index (χ0) is 12.3. The monoisotopic (exact) mass is 284 g/mol. The van der Waals surface area contributed by atoms with E-state index in [1.54, 1.807) is 18.1 Å². The SMILES string of the molecule is CN(C(=O)CC(C)(C)C)c1ccc(Br)cn1. The highest BCUT2D eigenvalue weighted by Crippen LogP contribution is 2.21. The van der Waals surface area contributed by atoms with E-state index in [0.29, 0.717) is 12.2 Å². The van der Waals surface area contributed by atoms with Crippen molar-refractivity contribution in [3.05, 3.63) is 22.8 Å². The summed E-state index contributed by atoms with van der Waals surface area (Å²) in [6.45, 7) is 6.15. The number of amides is 1. The van der Waals surface area contributed by atoms with Gasteiger partial charge in [-0.05, 0) is 33.5 Å². The largest absolute Gasteiger partial charge is 0.300 e. The molecule has 0 aliphatic heterocycles. The average molecular weight is 285 g/mol. The summed E-state index contributed by atoms with van der Waals surface area (Å²) < 4.78 is 0.910. The van der Waals surface area contributed by atoms with E-state index in [1.807, 2.05) is 32.9 Å². The molecule has 0 atom stereocenters. The molecule has 0 aromatic carbocycles. The average Bonchev–Trinajstić information content (AvgIpc) is 2.15. The molecule has 1 aromatic heterocycles. The Labute approximate surface area is 105 Å². The Morgan fingerprint density at radius 3 is 2.50 bits per heavy atom. The van der Waals surface area contributed by atoms with Gasteiger partial charge in [0.15, 0.2) is 0 Å². The lowest BCUT2D eigenvalue weighted by Gasteiger charge is -2.22. The summed E-state index contributed by atoms with van der Waals surface area (Å²) in [5, 5.41) is 0. The molecular weight excluding hydrogens is 268 g/mol. The van der Waals surface area contributed by atoms with Gasteiger partial charge in [-0.2, -0.15) is 0 Å². The van der Waals surface area contributed by atoms with Crippen LogP contribution < -0.4 is 4.90 Å². The quantitative estimate of drug-likeness (QED) is 0.835. The van der Waals surface area contributed by atoms with Gasteiger partial charge in [0.05, 0.1) is 0 Å². The van der Waals surface area contributed by atoms with Gasteiger partial charge < -0.3 is 0 Å². The molecule has 4 heteroatoms. The predicted molar refractivity (Wildman–Crippen MR) is 69.4 cm³/mol. The molecule has 1 amide bonds. The van der Waals surface area contributed by atoms with Crippen LogP contribution in [0, 0.1) is 5.41 Å². The summed E-state index contributed by atoms with van der Waals surface area (Å²) in [5.41, 5.74) is 0.000701. The van der Waals surface area contributed by atoms with Gasteiger partial charge in [0, 0.05) is 24.1 Å². The summed E-state index contributed by atoms with van der Waals surface area (Å²) in [6.07, 6.45) is 2.21. The van der Waals surface area contributed by atoms with Crippen molar-refractivity contribution in [2.24, 2.45) is 5.41 Å². The molecular formula is C12H17BrN2O. The van der Waals surface area contributed by atoms with Gasteiger partial charge in [-0.15, -0.1) is 0 Å². The van der Waals surface area contributed by atoms with Crippen LogP contribution in [0.3, 0.4) is 0 Å². The fourth-order valence-electron chi connectivity index (χ4n) is 1.27. The van der Waals surface area contributed by atoms with Crippen LogP contribution in [0.1, 0.15) is 27.2 Å². The first-order valence-electron chi connectivity index (χ1n) is 5.18. The van der Waals surface area contributed by atoms with Crippen molar-refractivity contribution in [1.82, 2.24) is 4.98 Å². The number of nitrogens with zero attached hydrogens (tertiary/aromatic N) is 2. The maximum atomic E-state index is 11.9. The first kappa shape index (κ1) is 13.2. The van der Waals surface area contributed by atoms with Crippen molar-refractivity contribution in [2.45, 2.75) is 27.2 Å². The number of rotatable bonds is 2. The van der Waals surface area contributed by atoms with Crippen molar-refractivity contribution < 1.29 is 4.79 Å². The molecule has 0 radical (unpaired) electrons. The van der Waals surface area contributed by atoms with Crippen LogP contribution in [0.5, 0.6) is 0 Å². The molecule has 1 aromatic rings. The van der Waals surface area contributed by atoms with E-state index in [1.165, 1.54) is 0 Å². The van der Waals surface area contributed by atoms with Crippen LogP contribution in [0.15, 0.2) is 22.8 Å². The third kappa shape index (κ3) is 3.93. The number of anilines is 1. The second-order valence-corrected chi connectivity index (χ2v) is 5.94. The third-order valence-electron chi connectivity index (χ3n) is 2.11. The summed E-state index contributed by atoms with van der Waals surface area (Å²) in [5.74, 6) is 0.764. The van der Waals surface area contributed by atoms with Gasteiger partial charge in [0.2, 0.25) is 5.91 Å². The molecule has 88 valence electrons. The normalized spacial score (nSPS) is 11.3. The Kier molecular flexibility index (Phi) is 4.08. The molecule has 0 aliphatic rings. The fraction of sp³-hybridized carbons (Fsp3) is 0.500. The Hall–Kier alpha value is -0.900. The van der Waals surface area contributed by atoms with Gasteiger partial charge in [0.25, 0.3) is 0 Å². The van der Waals surface area contributed by atoms with Crippen LogP contribution in [0.25, 0.3) is 0 Å². The number of hydrogen-bond acceptors (Lipinski definition) is 2. The highest BCUT2D eigenvalue weighted by atomic mass is 79.9. The molecule has 1 rings (SSSR count). The summed E-state index contributed by atoms with van der Waals surface area (Å²) in [6, 6.07) is 3.70. The third-order valence-corrected chi connectivity index (χ3v) is 2.58. The maximum Gasteiger partial charge on any atom is 0.228 e. The van der Waals surface area contributed by atoms with E-state index in [4.69, 9.17) is 0 Å². The first-order valence-corrected chi connectivity index (χ1v) is 5.97. The van der Waals surface area contributed by atoms with Crippen LogP contribution in [-0.4, -0.2) is 17.9 Å². The smallest absolute Gasteiger partial charge is 0.228 e. The minimum atomic E-state index is 0.000701. The lowest BCUT2D eigenvalue weighted by molar-refractivity contribution is -0.120. The van der Waals surface area contributed by atoms with Crippen LogP contribution in [0.2, 0.25) is 0 Å². The van der Waals surface area contributed by atoms with Crippen molar-refractivity contribution >= 4 is 27.7 Å². The summed E-state index contributed by atoms with van der Waals surface area (Å²) in [4.78, 5) is 17.7. The highest BCUT2D eigenvalue weighted by molar-refractivity contribution is 9.10. The molecule has 0 saturated carbocycles. The lowest BCUT2D eigenvalue weighted by atomic mass is 9.92. The molecule has 0 N–H and O–H groups in total. The molecule has 0 bridgehead atoms. The number of hydrogen-bond donors (Lipinski definition) is 0. The zero-order valence-electron chi connectivity index (χ0n) is 10.1. The van der Waals surface area contributed by atoms with Gasteiger partial charge in [-0.25, -0.2) is 4.98 Å². The molecule has 0 spiro atoms. The Morgan fingerprint density at radius 1 is 1.44 bits per heavy atom. The first-order chi connectivity index (χ1) is 7.29. The van der Waals surface area contributed by atoms with Gasteiger partial charge in [0.1, 0.15) is 5.82 Å². The van der Waals surface area contributed by atoms with Crippen LogP contribution >= 0.6 is 15.9 Å². The number of carbonyl (C=O) groups excluding carboxylic acids is 1. The van der Waals surface area contributed by atoms with E-state index in [-0.39, 0.29) is 11.3 Å². The summed E-state index contributed by atoms with van der Waals surface area (Å²) in [7, 11) is 1.75. The number of carbonyl (C=O) groups is 1. The van der Waals surface area contributed by atoms with E-state index >= 15 is 0 Å². The van der Waals surface area contributed by atoms with Gasteiger partial charge in [-0.3, -0.25) is 9.69 Å². The second-order valence-electron chi connectivity index (χ2n) is 5.02. The topological polar surface area (TPSA) is 33.2 Å².